The van der Waals surface area contributed by atoms with E-state index in [1.807, 2.05) is 7.05 Å². The minimum atomic E-state index is 0. The monoisotopic (exact) mass is 466 g/mol. The Balaban J connectivity index is 0.00000312. The highest BCUT2D eigenvalue weighted by Crippen LogP contribution is 2.29. The third-order valence-corrected chi connectivity index (χ3v) is 5.52. The van der Waals surface area contributed by atoms with Gasteiger partial charge >= 0.3 is 0 Å². The van der Waals surface area contributed by atoms with Gasteiger partial charge in [0.05, 0.1) is 6.61 Å². The van der Waals surface area contributed by atoms with E-state index < -0.39 is 0 Å². The minimum Gasteiger partial charge on any atom is -0.379 e. The molecule has 5 nitrogen and oxygen atoms in total. The maximum atomic E-state index is 5.75. The van der Waals surface area contributed by atoms with Crippen molar-refractivity contribution in [2.45, 2.75) is 51.0 Å². The molecule has 1 atom stereocenters. The number of likely N-dealkylation sites (N-methyl/N-ethyl adjacent to an activating group) is 2. The fourth-order valence-corrected chi connectivity index (χ4v) is 3.71. The first-order chi connectivity index (χ1) is 11.6. The molecule has 6 heteroatoms. The van der Waals surface area contributed by atoms with Gasteiger partial charge in [0, 0.05) is 39.8 Å². The number of nitrogens with one attached hydrogen (secondary N) is 1. The summed E-state index contributed by atoms with van der Waals surface area (Å²) >= 11 is 0. The van der Waals surface area contributed by atoms with Gasteiger partial charge in [-0.05, 0) is 51.6 Å². The van der Waals surface area contributed by atoms with Crippen LogP contribution in [0.3, 0.4) is 0 Å². The van der Waals surface area contributed by atoms with E-state index in [9.17, 15) is 0 Å². The predicted octanol–water partition coefficient (Wildman–Crippen LogP) is 3.05. The number of guanidine groups is 1. The Hall–Kier alpha value is -0.0800. The number of nitrogens with zero attached hydrogens (tertiary/aromatic N) is 3. The summed E-state index contributed by atoms with van der Waals surface area (Å²) in [6.07, 6.45) is 9.64. The van der Waals surface area contributed by atoms with Gasteiger partial charge in [0.1, 0.15) is 0 Å². The largest absolute Gasteiger partial charge is 0.379 e. The highest BCUT2D eigenvalue weighted by molar-refractivity contribution is 14.0. The van der Waals surface area contributed by atoms with Gasteiger partial charge in [0.2, 0.25) is 0 Å². The summed E-state index contributed by atoms with van der Waals surface area (Å²) in [6, 6.07) is 0.585. The van der Waals surface area contributed by atoms with Crippen molar-refractivity contribution in [3.63, 3.8) is 0 Å². The molecule has 0 aromatic carbocycles. The molecule has 2 aliphatic carbocycles. The lowest BCUT2D eigenvalue weighted by atomic mass is 9.83. The van der Waals surface area contributed by atoms with Crippen molar-refractivity contribution < 1.29 is 4.74 Å². The Morgan fingerprint density at radius 1 is 1.12 bits per heavy atom. The summed E-state index contributed by atoms with van der Waals surface area (Å²) in [5, 5.41) is 3.59. The van der Waals surface area contributed by atoms with E-state index in [0.717, 1.165) is 44.1 Å². The molecular weight excluding hydrogens is 427 g/mol. The molecule has 0 aromatic rings. The van der Waals surface area contributed by atoms with Crippen molar-refractivity contribution in [3.05, 3.63) is 0 Å². The average molecular weight is 466 g/mol. The Bertz CT molecular complexity index is 382. The zero-order chi connectivity index (χ0) is 17.4. The van der Waals surface area contributed by atoms with Crippen molar-refractivity contribution in [1.29, 1.82) is 0 Å². The van der Waals surface area contributed by atoms with Gasteiger partial charge in [-0.2, -0.15) is 0 Å². The highest BCUT2D eigenvalue weighted by atomic mass is 127. The highest BCUT2D eigenvalue weighted by Gasteiger charge is 2.25. The van der Waals surface area contributed by atoms with Crippen molar-refractivity contribution in [1.82, 2.24) is 15.1 Å². The summed E-state index contributed by atoms with van der Waals surface area (Å²) < 4.78 is 5.75. The maximum absolute atomic E-state index is 5.75. The van der Waals surface area contributed by atoms with Crippen LogP contribution in [0, 0.1) is 11.8 Å². The first kappa shape index (κ1) is 23.0. The van der Waals surface area contributed by atoms with Crippen LogP contribution in [0.5, 0.6) is 0 Å². The van der Waals surface area contributed by atoms with Gasteiger partial charge in [-0.1, -0.05) is 19.3 Å². The SMILES string of the molecule is CN=C(NCC(C1CCCCC1)N(C)C)N(C)CCOCC1CC1.I. The summed E-state index contributed by atoms with van der Waals surface area (Å²) in [5.74, 6) is 2.63. The van der Waals surface area contributed by atoms with E-state index in [1.165, 1.54) is 44.9 Å². The molecule has 1 N–H and O–H groups in total. The fraction of sp³-hybridized carbons (Fsp3) is 0.947. The van der Waals surface area contributed by atoms with Crippen LogP contribution in [-0.2, 0) is 4.74 Å². The van der Waals surface area contributed by atoms with Gasteiger partial charge in [0.25, 0.3) is 0 Å². The van der Waals surface area contributed by atoms with E-state index in [2.05, 4.69) is 41.3 Å². The molecule has 2 aliphatic rings. The molecule has 148 valence electrons. The van der Waals surface area contributed by atoms with Crippen LogP contribution in [0.4, 0.5) is 0 Å². The number of halogens is 1. The van der Waals surface area contributed by atoms with Crippen LogP contribution in [-0.4, -0.2) is 76.3 Å². The molecule has 25 heavy (non-hydrogen) atoms. The summed E-state index contributed by atoms with van der Waals surface area (Å²) in [6.45, 7) is 3.58. The molecule has 0 aromatic heterocycles. The molecule has 0 radical (unpaired) electrons. The molecule has 0 spiro atoms. The molecule has 2 fully saturated rings. The Morgan fingerprint density at radius 3 is 2.36 bits per heavy atom. The number of ether oxygens (including phenoxy) is 1. The first-order valence-electron chi connectivity index (χ1n) is 9.77. The van der Waals surface area contributed by atoms with E-state index in [0.29, 0.717) is 6.04 Å². The van der Waals surface area contributed by atoms with Crippen LogP contribution in [0.2, 0.25) is 0 Å². The molecule has 1 unspecified atom stereocenters. The Labute approximate surface area is 172 Å². The van der Waals surface area contributed by atoms with E-state index in [-0.39, 0.29) is 24.0 Å². The minimum absolute atomic E-state index is 0. The maximum Gasteiger partial charge on any atom is 0.193 e. The molecule has 2 rings (SSSR count). The number of rotatable bonds is 9. The predicted molar refractivity (Wildman–Crippen MR) is 117 cm³/mol. The third-order valence-electron chi connectivity index (χ3n) is 5.52. The smallest absolute Gasteiger partial charge is 0.193 e. The van der Waals surface area contributed by atoms with Crippen LogP contribution in [0.25, 0.3) is 0 Å². The van der Waals surface area contributed by atoms with E-state index in [1.54, 1.807) is 0 Å². The van der Waals surface area contributed by atoms with Crippen LogP contribution in [0.15, 0.2) is 4.99 Å². The summed E-state index contributed by atoms with van der Waals surface area (Å²) in [5.41, 5.74) is 0. The lowest BCUT2D eigenvalue weighted by molar-refractivity contribution is 0.114. The lowest BCUT2D eigenvalue weighted by Gasteiger charge is -2.36. The third kappa shape index (κ3) is 8.43. The van der Waals surface area contributed by atoms with Gasteiger partial charge in [-0.25, -0.2) is 0 Å². The molecule has 0 bridgehead atoms. The van der Waals surface area contributed by atoms with Crippen molar-refractivity contribution >= 4 is 29.9 Å². The van der Waals surface area contributed by atoms with Crippen LogP contribution < -0.4 is 5.32 Å². The molecule has 0 saturated heterocycles. The second kappa shape index (κ2) is 12.3. The zero-order valence-electron chi connectivity index (χ0n) is 16.7. The molecular formula is C19H39IN4O. The van der Waals surface area contributed by atoms with Crippen molar-refractivity contribution in [2.24, 2.45) is 16.8 Å². The first-order valence-corrected chi connectivity index (χ1v) is 9.77. The number of aliphatic imine (C=N–C) groups is 1. The molecule has 0 amide bonds. The Kier molecular flexibility index (Phi) is 11.3. The van der Waals surface area contributed by atoms with E-state index >= 15 is 0 Å². The van der Waals surface area contributed by atoms with Crippen LogP contribution in [0.1, 0.15) is 44.9 Å². The summed E-state index contributed by atoms with van der Waals surface area (Å²) in [4.78, 5) is 9.01. The van der Waals surface area contributed by atoms with Gasteiger partial charge < -0.3 is 19.9 Å². The second-order valence-corrected chi connectivity index (χ2v) is 7.80. The van der Waals surface area contributed by atoms with Crippen molar-refractivity contribution in [3.8, 4) is 0 Å². The average Bonchev–Trinajstić information content (AvgIpc) is 3.40. The quantitative estimate of drug-likeness (QED) is 0.246. The van der Waals surface area contributed by atoms with Crippen LogP contribution >= 0.6 is 24.0 Å². The second-order valence-electron chi connectivity index (χ2n) is 7.80. The molecule has 0 heterocycles. The van der Waals surface area contributed by atoms with Gasteiger partial charge in [-0.15, -0.1) is 24.0 Å². The topological polar surface area (TPSA) is 40.1 Å². The zero-order valence-corrected chi connectivity index (χ0v) is 19.0. The normalized spacial score (nSPS) is 20.3. The lowest BCUT2D eigenvalue weighted by Crippen LogP contribution is -2.49. The van der Waals surface area contributed by atoms with Crippen molar-refractivity contribution in [2.75, 3.05) is 54.5 Å². The molecule has 0 aliphatic heterocycles. The number of hydrogen-bond acceptors (Lipinski definition) is 3. The fourth-order valence-electron chi connectivity index (χ4n) is 3.71. The number of hydrogen-bond donors (Lipinski definition) is 1. The molecule has 2 saturated carbocycles. The van der Waals surface area contributed by atoms with E-state index in [4.69, 9.17) is 4.74 Å². The standard InChI is InChI=1S/C19H38N4O.HI/c1-20-19(23(4)12-13-24-15-16-10-11-16)21-14-18(22(2)3)17-8-6-5-7-9-17;/h16-18H,5-15H2,1-4H3,(H,20,21);1H. The Morgan fingerprint density at radius 2 is 1.80 bits per heavy atom. The van der Waals surface area contributed by atoms with Gasteiger partial charge in [0.15, 0.2) is 5.96 Å². The van der Waals surface area contributed by atoms with Gasteiger partial charge in [-0.3, -0.25) is 4.99 Å². The summed E-state index contributed by atoms with van der Waals surface area (Å²) in [7, 11) is 8.38.